The van der Waals surface area contributed by atoms with E-state index in [0.717, 1.165) is 24.0 Å². The largest absolute Gasteiger partial charge is 0.451 e. The zero-order chi connectivity index (χ0) is 20.4. The van der Waals surface area contributed by atoms with Gasteiger partial charge in [-0.25, -0.2) is 4.79 Å². The van der Waals surface area contributed by atoms with Crippen LogP contribution in [0.3, 0.4) is 0 Å². The monoisotopic (exact) mass is 376 g/mol. The highest BCUT2D eigenvalue weighted by atomic mass is 16.5. The normalized spacial score (nSPS) is 12.0. The van der Waals surface area contributed by atoms with Crippen molar-refractivity contribution in [2.75, 3.05) is 6.61 Å². The molecule has 1 atom stereocenters. The third-order valence-electron chi connectivity index (χ3n) is 4.18. The van der Waals surface area contributed by atoms with Crippen LogP contribution in [0, 0.1) is 18.3 Å². The fourth-order valence-corrected chi connectivity index (χ4v) is 2.59. The summed E-state index contributed by atoms with van der Waals surface area (Å²) >= 11 is 0. The molecule has 0 heterocycles. The second kappa shape index (κ2) is 10.7. The second-order valence-corrected chi connectivity index (χ2v) is 6.65. The summed E-state index contributed by atoms with van der Waals surface area (Å²) in [5.74, 6) is -1.20. The molecule has 144 valence electrons. The lowest BCUT2D eigenvalue weighted by atomic mass is 10.1. The average molecular weight is 376 g/mol. The Morgan fingerprint density at radius 1 is 1.14 bits per heavy atom. The molecule has 2 aromatic rings. The predicted molar refractivity (Wildman–Crippen MR) is 108 cm³/mol. The highest BCUT2D eigenvalue weighted by Crippen LogP contribution is 2.10. The van der Waals surface area contributed by atoms with Crippen molar-refractivity contribution >= 4 is 18.0 Å². The van der Waals surface area contributed by atoms with Crippen molar-refractivity contribution in [2.45, 2.75) is 32.7 Å². The van der Waals surface area contributed by atoms with Gasteiger partial charge in [0.25, 0.3) is 5.91 Å². The topological polar surface area (TPSA) is 79.2 Å². The van der Waals surface area contributed by atoms with Crippen molar-refractivity contribution in [1.82, 2.24) is 5.32 Å². The van der Waals surface area contributed by atoms with E-state index in [1.165, 1.54) is 11.6 Å². The number of hydrogen-bond donors (Lipinski definition) is 1. The SMILES string of the molecule is Cc1ccc(/C=C(\C#N)C(=O)OCC(=O)N[C@H](C)CCc2ccccc2)cc1. The molecule has 0 aliphatic heterocycles. The number of carbonyl (C=O) groups is 2. The number of nitrogens with zero attached hydrogens (tertiary/aromatic N) is 1. The first-order chi connectivity index (χ1) is 13.5. The summed E-state index contributed by atoms with van der Waals surface area (Å²) in [6.07, 6.45) is 3.07. The van der Waals surface area contributed by atoms with E-state index in [0.29, 0.717) is 0 Å². The summed E-state index contributed by atoms with van der Waals surface area (Å²) in [5, 5.41) is 12.0. The van der Waals surface area contributed by atoms with Gasteiger partial charge in [-0.15, -0.1) is 0 Å². The molecule has 0 radical (unpaired) electrons. The molecule has 1 N–H and O–H groups in total. The molecule has 0 aliphatic rings. The molecule has 5 nitrogen and oxygen atoms in total. The maximum Gasteiger partial charge on any atom is 0.349 e. The summed E-state index contributed by atoms with van der Waals surface area (Å²) in [7, 11) is 0. The second-order valence-electron chi connectivity index (χ2n) is 6.65. The van der Waals surface area contributed by atoms with Crippen LogP contribution in [-0.2, 0) is 20.7 Å². The molecule has 1 amide bonds. The molecule has 0 saturated carbocycles. The van der Waals surface area contributed by atoms with Gasteiger partial charge in [0, 0.05) is 6.04 Å². The van der Waals surface area contributed by atoms with E-state index < -0.39 is 12.6 Å². The lowest BCUT2D eigenvalue weighted by molar-refractivity contribution is -0.144. The number of ether oxygens (including phenoxy) is 1. The summed E-state index contributed by atoms with van der Waals surface area (Å²) < 4.78 is 4.97. The van der Waals surface area contributed by atoms with E-state index >= 15 is 0 Å². The Kier molecular flexibility index (Phi) is 7.98. The zero-order valence-corrected chi connectivity index (χ0v) is 16.1. The number of nitriles is 1. The van der Waals surface area contributed by atoms with Gasteiger partial charge in [0.05, 0.1) is 0 Å². The number of esters is 1. The minimum absolute atomic E-state index is 0.0510. The Labute approximate surface area is 165 Å². The van der Waals surface area contributed by atoms with E-state index in [4.69, 9.17) is 4.74 Å². The number of benzene rings is 2. The Balaban J connectivity index is 1.79. The molecule has 2 rings (SSSR count). The van der Waals surface area contributed by atoms with Crippen LogP contribution in [0.5, 0.6) is 0 Å². The highest BCUT2D eigenvalue weighted by molar-refractivity contribution is 5.98. The molecule has 28 heavy (non-hydrogen) atoms. The van der Waals surface area contributed by atoms with Crippen LogP contribution in [0.2, 0.25) is 0 Å². The van der Waals surface area contributed by atoms with Gasteiger partial charge in [-0.05, 0) is 43.9 Å². The van der Waals surface area contributed by atoms with Gasteiger partial charge < -0.3 is 10.1 Å². The quantitative estimate of drug-likeness (QED) is 0.434. The van der Waals surface area contributed by atoms with E-state index in [1.807, 2.05) is 62.4 Å². The minimum Gasteiger partial charge on any atom is -0.451 e. The van der Waals surface area contributed by atoms with Gasteiger partial charge in [0.2, 0.25) is 0 Å². The molecule has 2 aromatic carbocycles. The van der Waals surface area contributed by atoms with Gasteiger partial charge in [-0.3, -0.25) is 4.79 Å². The molecule has 0 fully saturated rings. The highest BCUT2D eigenvalue weighted by Gasteiger charge is 2.14. The molecule has 0 unspecified atom stereocenters. The number of carbonyl (C=O) groups excluding carboxylic acids is 2. The van der Waals surface area contributed by atoms with E-state index in [2.05, 4.69) is 5.32 Å². The molecule has 5 heteroatoms. The molecule has 0 bridgehead atoms. The third-order valence-corrected chi connectivity index (χ3v) is 4.18. The number of amides is 1. The van der Waals surface area contributed by atoms with Crippen LogP contribution in [0.15, 0.2) is 60.2 Å². The standard InChI is InChI=1S/C23H24N2O3/c1-17-8-11-20(12-9-17)14-21(15-24)23(27)28-16-22(26)25-18(2)10-13-19-6-4-3-5-7-19/h3-9,11-12,14,18H,10,13,16H2,1-2H3,(H,25,26)/b21-14+/t18-/m1/s1. The van der Waals surface area contributed by atoms with Gasteiger partial charge in [-0.2, -0.15) is 5.26 Å². The van der Waals surface area contributed by atoms with Gasteiger partial charge in [0.1, 0.15) is 11.6 Å². The van der Waals surface area contributed by atoms with Gasteiger partial charge in [-0.1, -0.05) is 60.2 Å². The van der Waals surface area contributed by atoms with Crippen LogP contribution in [0.25, 0.3) is 6.08 Å². The van der Waals surface area contributed by atoms with Crippen molar-refractivity contribution in [3.05, 3.63) is 76.9 Å². The summed E-state index contributed by atoms with van der Waals surface area (Å²) in [5.41, 5.74) is 2.86. The number of aryl methyl sites for hydroxylation is 2. The third kappa shape index (κ3) is 7.08. The van der Waals surface area contributed by atoms with E-state index in [1.54, 1.807) is 12.1 Å². The van der Waals surface area contributed by atoms with Gasteiger partial charge >= 0.3 is 5.97 Å². The van der Waals surface area contributed by atoms with Crippen molar-refractivity contribution < 1.29 is 14.3 Å². The first-order valence-electron chi connectivity index (χ1n) is 9.17. The molecular formula is C23H24N2O3. The van der Waals surface area contributed by atoms with Crippen LogP contribution >= 0.6 is 0 Å². The lowest BCUT2D eigenvalue weighted by Crippen LogP contribution is -2.36. The molecule has 0 aliphatic carbocycles. The molecule has 0 spiro atoms. The van der Waals surface area contributed by atoms with E-state index in [-0.39, 0.29) is 17.5 Å². The number of rotatable bonds is 8. The fourth-order valence-electron chi connectivity index (χ4n) is 2.59. The number of hydrogen-bond acceptors (Lipinski definition) is 4. The minimum atomic E-state index is -0.810. The first-order valence-corrected chi connectivity index (χ1v) is 9.17. The molecule has 0 aromatic heterocycles. The van der Waals surface area contributed by atoms with E-state index in [9.17, 15) is 14.9 Å². The van der Waals surface area contributed by atoms with Crippen molar-refractivity contribution in [2.24, 2.45) is 0 Å². The van der Waals surface area contributed by atoms with Crippen molar-refractivity contribution in [1.29, 1.82) is 5.26 Å². The number of nitrogens with one attached hydrogen (secondary N) is 1. The summed E-state index contributed by atoms with van der Waals surface area (Å²) in [6.45, 7) is 3.44. The Bertz CT molecular complexity index is 865. The first kappa shape index (κ1) is 20.9. The van der Waals surface area contributed by atoms with Crippen LogP contribution < -0.4 is 5.32 Å². The summed E-state index contributed by atoms with van der Waals surface area (Å²) in [4.78, 5) is 24.0. The van der Waals surface area contributed by atoms with Crippen LogP contribution in [0.4, 0.5) is 0 Å². The van der Waals surface area contributed by atoms with Crippen molar-refractivity contribution in [3.8, 4) is 6.07 Å². The maximum atomic E-state index is 12.1. The van der Waals surface area contributed by atoms with Crippen LogP contribution in [0.1, 0.15) is 30.0 Å². The maximum absolute atomic E-state index is 12.1. The zero-order valence-electron chi connectivity index (χ0n) is 16.1. The van der Waals surface area contributed by atoms with Crippen LogP contribution in [-0.4, -0.2) is 24.5 Å². The van der Waals surface area contributed by atoms with Crippen molar-refractivity contribution in [3.63, 3.8) is 0 Å². The summed E-state index contributed by atoms with van der Waals surface area (Å²) in [6, 6.07) is 19.2. The van der Waals surface area contributed by atoms with Gasteiger partial charge in [0.15, 0.2) is 6.61 Å². The Morgan fingerprint density at radius 2 is 1.82 bits per heavy atom. The Hall–Kier alpha value is -3.39. The smallest absolute Gasteiger partial charge is 0.349 e. The fraction of sp³-hybridized carbons (Fsp3) is 0.261. The lowest BCUT2D eigenvalue weighted by Gasteiger charge is -2.14. The molecular weight excluding hydrogens is 352 g/mol. The average Bonchev–Trinajstić information content (AvgIpc) is 2.71. The predicted octanol–water partition coefficient (Wildman–Crippen LogP) is 3.58. The Morgan fingerprint density at radius 3 is 2.46 bits per heavy atom. The molecule has 0 saturated heterocycles.